The van der Waals surface area contributed by atoms with Gasteiger partial charge in [0.05, 0.1) is 7.11 Å². The molecular weight excluding hydrogens is 399 g/mol. The van der Waals surface area contributed by atoms with Gasteiger partial charge in [0, 0.05) is 12.6 Å². The zero-order valence-corrected chi connectivity index (χ0v) is 18.6. The van der Waals surface area contributed by atoms with Gasteiger partial charge >= 0.3 is 0 Å². The van der Waals surface area contributed by atoms with E-state index >= 15 is 0 Å². The number of para-hydroxylation sites is 1. The van der Waals surface area contributed by atoms with Gasteiger partial charge in [0.1, 0.15) is 11.8 Å². The van der Waals surface area contributed by atoms with Crippen LogP contribution in [0.1, 0.15) is 39.2 Å². The summed E-state index contributed by atoms with van der Waals surface area (Å²) in [7, 11) is 1.58. The lowest BCUT2D eigenvalue weighted by Gasteiger charge is -2.31. The van der Waals surface area contributed by atoms with E-state index in [2.05, 4.69) is 5.32 Å². The highest BCUT2D eigenvalue weighted by Crippen LogP contribution is 2.18. The molecule has 0 spiro atoms. The first-order valence-electron chi connectivity index (χ1n) is 10.5. The molecule has 2 aromatic carbocycles. The fourth-order valence-corrected chi connectivity index (χ4v) is 3.07. The van der Waals surface area contributed by atoms with Crippen LogP contribution in [-0.4, -0.2) is 42.5 Å². The summed E-state index contributed by atoms with van der Waals surface area (Å²) in [4.78, 5) is 27.5. The summed E-state index contributed by atoms with van der Waals surface area (Å²) < 4.78 is 24.5. The molecular formula is C24H31FN2O4. The standard InChI is InChI=1S/C24H31FN2O4/c1-5-17(3)26-24(29)21(6-2)27(15-18-11-13-19(30-4)14-12-18)23(28)16-31-22-10-8-7-9-20(22)25/h7-14,17,21H,5-6,15-16H2,1-4H3,(H,26,29)/t17-,21+/m1/s1. The monoisotopic (exact) mass is 430 g/mol. The zero-order chi connectivity index (χ0) is 22.8. The number of carbonyl (C=O) groups is 2. The van der Waals surface area contributed by atoms with Gasteiger partial charge in [0.15, 0.2) is 18.2 Å². The molecule has 0 saturated heterocycles. The van der Waals surface area contributed by atoms with E-state index in [1.54, 1.807) is 31.4 Å². The lowest BCUT2D eigenvalue weighted by molar-refractivity contribution is -0.143. The molecule has 2 amide bonds. The van der Waals surface area contributed by atoms with Crippen molar-refractivity contribution in [2.75, 3.05) is 13.7 Å². The van der Waals surface area contributed by atoms with Crippen LogP contribution in [0.4, 0.5) is 4.39 Å². The van der Waals surface area contributed by atoms with Gasteiger partial charge in [-0.3, -0.25) is 9.59 Å². The molecule has 0 saturated carbocycles. The Balaban J connectivity index is 2.22. The Bertz CT molecular complexity index is 857. The average Bonchev–Trinajstić information content (AvgIpc) is 2.78. The smallest absolute Gasteiger partial charge is 0.261 e. The average molecular weight is 431 g/mol. The largest absolute Gasteiger partial charge is 0.497 e. The number of halogens is 1. The molecule has 7 heteroatoms. The van der Waals surface area contributed by atoms with Crippen LogP contribution in [-0.2, 0) is 16.1 Å². The van der Waals surface area contributed by atoms with Crippen molar-refractivity contribution in [2.45, 2.75) is 52.2 Å². The van der Waals surface area contributed by atoms with Crippen molar-refractivity contribution in [1.82, 2.24) is 10.2 Å². The molecule has 168 valence electrons. The van der Waals surface area contributed by atoms with Crippen molar-refractivity contribution >= 4 is 11.8 Å². The van der Waals surface area contributed by atoms with Gasteiger partial charge in [0.2, 0.25) is 5.91 Å². The van der Waals surface area contributed by atoms with Crippen molar-refractivity contribution < 1.29 is 23.5 Å². The Morgan fingerprint density at radius 3 is 2.32 bits per heavy atom. The van der Waals surface area contributed by atoms with Gasteiger partial charge < -0.3 is 19.7 Å². The number of nitrogens with one attached hydrogen (secondary N) is 1. The molecule has 0 radical (unpaired) electrons. The van der Waals surface area contributed by atoms with Crippen LogP contribution in [0.2, 0.25) is 0 Å². The summed E-state index contributed by atoms with van der Waals surface area (Å²) in [5.41, 5.74) is 0.842. The highest BCUT2D eigenvalue weighted by Gasteiger charge is 2.29. The lowest BCUT2D eigenvalue weighted by atomic mass is 10.1. The second-order valence-electron chi connectivity index (χ2n) is 7.33. The van der Waals surface area contributed by atoms with Gasteiger partial charge in [-0.15, -0.1) is 0 Å². The summed E-state index contributed by atoms with van der Waals surface area (Å²) in [6.07, 6.45) is 1.22. The highest BCUT2D eigenvalue weighted by molar-refractivity contribution is 5.88. The number of benzene rings is 2. The molecule has 0 aliphatic heterocycles. The van der Waals surface area contributed by atoms with Gasteiger partial charge in [-0.1, -0.05) is 38.1 Å². The van der Waals surface area contributed by atoms with Crippen molar-refractivity contribution in [3.05, 3.63) is 59.9 Å². The number of nitrogens with zero attached hydrogens (tertiary/aromatic N) is 1. The molecule has 0 fully saturated rings. The van der Waals surface area contributed by atoms with E-state index in [1.807, 2.05) is 32.9 Å². The lowest BCUT2D eigenvalue weighted by Crippen LogP contribution is -2.51. The first-order chi connectivity index (χ1) is 14.9. The molecule has 0 bridgehead atoms. The van der Waals surface area contributed by atoms with Crippen molar-refractivity contribution in [3.63, 3.8) is 0 Å². The van der Waals surface area contributed by atoms with E-state index in [1.165, 1.54) is 17.0 Å². The van der Waals surface area contributed by atoms with E-state index < -0.39 is 17.8 Å². The van der Waals surface area contributed by atoms with Crippen molar-refractivity contribution in [1.29, 1.82) is 0 Å². The van der Waals surface area contributed by atoms with Crippen LogP contribution in [0.25, 0.3) is 0 Å². The molecule has 1 N–H and O–H groups in total. The van der Waals surface area contributed by atoms with E-state index in [4.69, 9.17) is 9.47 Å². The Morgan fingerprint density at radius 1 is 1.06 bits per heavy atom. The normalized spacial score (nSPS) is 12.5. The van der Waals surface area contributed by atoms with Gasteiger partial charge in [-0.2, -0.15) is 0 Å². The third-order valence-corrected chi connectivity index (χ3v) is 5.09. The van der Waals surface area contributed by atoms with Gasteiger partial charge in [-0.25, -0.2) is 4.39 Å². The summed E-state index contributed by atoms with van der Waals surface area (Å²) in [5.74, 6) is -0.461. The Kier molecular flexibility index (Phi) is 9.31. The molecule has 0 unspecified atom stereocenters. The second kappa shape index (κ2) is 11.9. The molecule has 2 rings (SSSR count). The van der Waals surface area contributed by atoms with E-state index in [0.717, 1.165) is 12.0 Å². The van der Waals surface area contributed by atoms with E-state index in [9.17, 15) is 14.0 Å². The third kappa shape index (κ3) is 6.98. The SMILES string of the molecule is CC[C@@H](C)NC(=O)[C@H](CC)N(Cc1ccc(OC)cc1)C(=O)COc1ccccc1F. The Morgan fingerprint density at radius 2 is 1.74 bits per heavy atom. The van der Waals surface area contributed by atoms with Crippen LogP contribution in [0, 0.1) is 5.82 Å². The molecule has 6 nitrogen and oxygen atoms in total. The third-order valence-electron chi connectivity index (χ3n) is 5.09. The highest BCUT2D eigenvalue weighted by atomic mass is 19.1. The summed E-state index contributed by atoms with van der Waals surface area (Å²) >= 11 is 0. The summed E-state index contributed by atoms with van der Waals surface area (Å²) in [6.45, 7) is 5.60. The summed E-state index contributed by atoms with van der Waals surface area (Å²) in [5, 5.41) is 2.95. The van der Waals surface area contributed by atoms with Crippen LogP contribution in [0.3, 0.4) is 0 Å². The summed E-state index contributed by atoms with van der Waals surface area (Å²) in [6, 6.07) is 12.5. The minimum atomic E-state index is -0.673. The molecule has 0 heterocycles. The number of hydrogen-bond donors (Lipinski definition) is 1. The minimum absolute atomic E-state index is 0.00245. The Labute approximate surface area is 183 Å². The fourth-order valence-electron chi connectivity index (χ4n) is 3.07. The van der Waals surface area contributed by atoms with E-state index in [0.29, 0.717) is 12.2 Å². The van der Waals surface area contributed by atoms with Crippen LogP contribution in [0.5, 0.6) is 11.5 Å². The fraction of sp³-hybridized carbons (Fsp3) is 0.417. The Hall–Kier alpha value is -3.09. The quantitative estimate of drug-likeness (QED) is 0.586. The number of carbonyl (C=O) groups excluding carboxylic acids is 2. The number of hydrogen-bond acceptors (Lipinski definition) is 4. The number of methoxy groups -OCH3 is 1. The topological polar surface area (TPSA) is 67.9 Å². The molecule has 0 aliphatic carbocycles. The number of ether oxygens (including phenoxy) is 2. The predicted molar refractivity (Wildman–Crippen MR) is 117 cm³/mol. The maximum atomic E-state index is 13.9. The second-order valence-corrected chi connectivity index (χ2v) is 7.33. The molecule has 2 aromatic rings. The number of rotatable bonds is 11. The van der Waals surface area contributed by atoms with Crippen LogP contribution >= 0.6 is 0 Å². The van der Waals surface area contributed by atoms with Gasteiger partial charge in [-0.05, 0) is 49.6 Å². The van der Waals surface area contributed by atoms with Crippen molar-refractivity contribution in [2.24, 2.45) is 0 Å². The van der Waals surface area contributed by atoms with Crippen LogP contribution in [0.15, 0.2) is 48.5 Å². The van der Waals surface area contributed by atoms with Gasteiger partial charge in [0.25, 0.3) is 5.91 Å². The first kappa shape index (κ1) is 24.2. The zero-order valence-electron chi connectivity index (χ0n) is 18.6. The van der Waals surface area contributed by atoms with Crippen LogP contribution < -0.4 is 14.8 Å². The number of amides is 2. The molecule has 2 atom stereocenters. The maximum absolute atomic E-state index is 13.9. The predicted octanol–water partition coefficient (Wildman–Crippen LogP) is 3.94. The van der Waals surface area contributed by atoms with Crippen molar-refractivity contribution in [3.8, 4) is 11.5 Å². The first-order valence-corrected chi connectivity index (χ1v) is 10.5. The molecule has 0 aromatic heterocycles. The minimum Gasteiger partial charge on any atom is -0.497 e. The molecule has 31 heavy (non-hydrogen) atoms. The van der Waals surface area contributed by atoms with E-state index in [-0.39, 0.29) is 30.9 Å². The maximum Gasteiger partial charge on any atom is 0.261 e. The molecule has 0 aliphatic rings.